The largest absolute Gasteiger partial charge is 0.494 e. The molecule has 0 atom stereocenters. The zero-order chi connectivity index (χ0) is 18.6. The number of ether oxygens (including phenoxy) is 1. The average Bonchev–Trinajstić information content (AvgIpc) is 2.84. The summed E-state index contributed by atoms with van der Waals surface area (Å²) in [6.45, 7) is 6.40. The summed E-state index contributed by atoms with van der Waals surface area (Å²) in [5.74, 6) is 0.221. The molecule has 2 aromatic rings. The summed E-state index contributed by atoms with van der Waals surface area (Å²) in [5, 5.41) is 0. The van der Waals surface area contributed by atoms with E-state index in [4.69, 9.17) is 4.74 Å². The molecule has 0 unspecified atom stereocenters. The summed E-state index contributed by atoms with van der Waals surface area (Å²) in [6, 6.07) is 5.67. The molecular weight excluding hydrogens is 362 g/mol. The lowest BCUT2D eigenvalue weighted by Gasteiger charge is -2.10. The van der Waals surface area contributed by atoms with Crippen LogP contribution >= 0.6 is 11.3 Å². The number of hydrogen-bond donors (Lipinski definition) is 0. The second-order valence-electron chi connectivity index (χ2n) is 5.37. The Hall–Kier alpha value is -1.97. The van der Waals surface area contributed by atoms with E-state index in [-0.39, 0.29) is 6.54 Å². The predicted octanol–water partition coefficient (Wildman–Crippen LogP) is 1.61. The quantitative estimate of drug-likeness (QED) is 0.680. The molecule has 7 nitrogen and oxygen atoms in total. The lowest BCUT2D eigenvalue weighted by atomic mass is 10.3. The van der Waals surface area contributed by atoms with Crippen molar-refractivity contribution in [3.63, 3.8) is 0 Å². The molecule has 0 aliphatic carbocycles. The molecule has 0 fully saturated rings. The number of benzene rings is 1. The minimum absolute atomic E-state index is 0.300. The molecule has 9 heteroatoms. The highest BCUT2D eigenvalue weighted by molar-refractivity contribution is 7.88. The number of likely N-dealkylation sites (N-methyl/N-ethyl adjacent to an activating group) is 1. The van der Waals surface area contributed by atoms with Crippen molar-refractivity contribution >= 4 is 37.5 Å². The Morgan fingerprint density at radius 2 is 2.20 bits per heavy atom. The van der Waals surface area contributed by atoms with Crippen LogP contribution in [0.2, 0.25) is 0 Å². The van der Waals surface area contributed by atoms with Crippen LogP contribution in [-0.4, -0.2) is 49.7 Å². The van der Waals surface area contributed by atoms with Crippen molar-refractivity contribution in [3.8, 4) is 5.75 Å². The highest BCUT2D eigenvalue weighted by atomic mass is 32.2. The summed E-state index contributed by atoms with van der Waals surface area (Å²) >= 11 is 1.35. The van der Waals surface area contributed by atoms with Gasteiger partial charge in [-0.3, -0.25) is 4.79 Å². The van der Waals surface area contributed by atoms with Crippen molar-refractivity contribution in [3.05, 3.63) is 35.7 Å². The third-order valence-corrected chi connectivity index (χ3v) is 5.72. The van der Waals surface area contributed by atoms with Crippen molar-refractivity contribution in [2.75, 3.05) is 26.5 Å². The molecule has 0 bridgehead atoms. The zero-order valence-electron chi connectivity index (χ0n) is 14.4. The van der Waals surface area contributed by atoms with Crippen LogP contribution in [0.4, 0.5) is 0 Å². The van der Waals surface area contributed by atoms with Gasteiger partial charge in [-0.15, -0.1) is 6.58 Å². The molecule has 1 amide bonds. The summed E-state index contributed by atoms with van der Waals surface area (Å²) in [4.78, 5) is 16.7. The zero-order valence-corrected chi connectivity index (χ0v) is 16.1. The Kier molecular flexibility index (Phi) is 6.15. The van der Waals surface area contributed by atoms with Crippen molar-refractivity contribution in [2.45, 2.75) is 13.5 Å². The number of thiazole rings is 1. The summed E-state index contributed by atoms with van der Waals surface area (Å²) < 4.78 is 32.1. The van der Waals surface area contributed by atoms with Gasteiger partial charge in [0.2, 0.25) is 10.0 Å². The van der Waals surface area contributed by atoms with Gasteiger partial charge < -0.3 is 9.30 Å². The minimum atomic E-state index is -3.43. The molecule has 0 N–H and O–H groups in total. The molecule has 25 heavy (non-hydrogen) atoms. The van der Waals surface area contributed by atoms with Crippen LogP contribution in [0.5, 0.6) is 5.75 Å². The maximum absolute atomic E-state index is 12.1. The van der Waals surface area contributed by atoms with E-state index in [1.54, 1.807) is 6.08 Å². The maximum Gasteiger partial charge on any atom is 0.263 e. The molecule has 0 aliphatic heterocycles. The van der Waals surface area contributed by atoms with Gasteiger partial charge in [-0.25, -0.2) is 8.42 Å². The van der Waals surface area contributed by atoms with Crippen LogP contribution in [0.1, 0.15) is 6.92 Å². The molecule has 0 radical (unpaired) electrons. The molecule has 1 aromatic carbocycles. The second-order valence-corrected chi connectivity index (χ2v) is 8.47. The average molecular weight is 383 g/mol. The lowest BCUT2D eigenvalue weighted by molar-refractivity contribution is -0.118. The first-order chi connectivity index (χ1) is 11.8. The molecule has 1 heterocycles. The smallest absolute Gasteiger partial charge is 0.263 e. The normalized spacial score (nSPS) is 12.7. The van der Waals surface area contributed by atoms with Gasteiger partial charge in [-0.2, -0.15) is 9.30 Å². The van der Waals surface area contributed by atoms with Crippen LogP contribution in [0, 0.1) is 0 Å². The van der Waals surface area contributed by atoms with Crippen LogP contribution < -0.4 is 9.54 Å². The SMILES string of the molecule is C=CCn1c(=NC(=O)CN(C)S(C)(=O)=O)sc2cc(OCC)ccc21. The van der Waals surface area contributed by atoms with E-state index < -0.39 is 15.9 Å². The highest BCUT2D eigenvalue weighted by Crippen LogP contribution is 2.23. The van der Waals surface area contributed by atoms with E-state index in [0.717, 1.165) is 26.5 Å². The number of fused-ring (bicyclic) bond motifs is 1. The topological polar surface area (TPSA) is 81.0 Å². The second kappa shape index (κ2) is 7.94. The number of aromatic nitrogens is 1. The van der Waals surface area contributed by atoms with Crippen LogP contribution in [0.15, 0.2) is 35.8 Å². The van der Waals surface area contributed by atoms with E-state index in [1.807, 2.05) is 29.7 Å². The van der Waals surface area contributed by atoms with Crippen molar-refractivity contribution < 1.29 is 17.9 Å². The molecule has 0 aliphatic rings. The summed E-state index contributed by atoms with van der Waals surface area (Å²) in [6.07, 6.45) is 2.77. The van der Waals surface area contributed by atoms with Crippen LogP contribution in [0.3, 0.4) is 0 Å². The third kappa shape index (κ3) is 4.77. The molecule has 0 saturated carbocycles. The summed E-state index contributed by atoms with van der Waals surface area (Å²) in [7, 11) is -2.08. The monoisotopic (exact) mass is 383 g/mol. The Balaban J connectivity index is 2.46. The maximum atomic E-state index is 12.1. The highest BCUT2D eigenvalue weighted by Gasteiger charge is 2.15. The molecular formula is C16H21N3O4S2. The number of allylic oxidation sites excluding steroid dienone is 1. The fourth-order valence-electron chi connectivity index (χ4n) is 2.15. The number of amides is 1. The molecule has 0 spiro atoms. The first kappa shape index (κ1) is 19.4. The van der Waals surface area contributed by atoms with Gasteiger partial charge in [0, 0.05) is 13.6 Å². The third-order valence-electron chi connectivity index (χ3n) is 3.42. The number of carbonyl (C=O) groups is 1. The van der Waals surface area contributed by atoms with Crippen molar-refractivity contribution in [1.82, 2.24) is 8.87 Å². The van der Waals surface area contributed by atoms with Crippen molar-refractivity contribution in [2.24, 2.45) is 4.99 Å². The summed E-state index contributed by atoms with van der Waals surface area (Å²) in [5.41, 5.74) is 0.913. The number of rotatable bonds is 7. The van der Waals surface area contributed by atoms with E-state index in [0.29, 0.717) is 18.0 Å². The van der Waals surface area contributed by atoms with Crippen LogP contribution in [-0.2, 0) is 21.4 Å². The molecule has 136 valence electrons. The van der Waals surface area contributed by atoms with Gasteiger partial charge in [-0.1, -0.05) is 17.4 Å². The Bertz CT molecular complexity index is 957. The first-order valence-electron chi connectivity index (χ1n) is 7.62. The van der Waals surface area contributed by atoms with Gasteiger partial charge in [-0.05, 0) is 25.1 Å². The fourth-order valence-corrected chi connectivity index (χ4v) is 3.58. The number of hydrogen-bond acceptors (Lipinski definition) is 5. The van der Waals surface area contributed by atoms with E-state index in [9.17, 15) is 13.2 Å². The van der Waals surface area contributed by atoms with Gasteiger partial charge in [0.05, 0.1) is 29.6 Å². The standard InChI is InChI=1S/C16H21N3O4S2/c1-5-9-19-13-8-7-12(23-6-2)10-14(13)24-16(19)17-15(20)11-18(3)25(4,21)22/h5,7-8,10H,1,6,9,11H2,2-4H3. The number of sulfonamides is 1. The Morgan fingerprint density at radius 1 is 1.48 bits per heavy atom. The van der Waals surface area contributed by atoms with Gasteiger partial charge in [0.25, 0.3) is 5.91 Å². The number of carbonyl (C=O) groups excluding carboxylic acids is 1. The molecule has 2 rings (SSSR count). The van der Waals surface area contributed by atoms with Gasteiger partial charge >= 0.3 is 0 Å². The molecule has 0 saturated heterocycles. The number of nitrogens with zero attached hydrogens (tertiary/aromatic N) is 3. The fraction of sp³-hybridized carbons (Fsp3) is 0.375. The van der Waals surface area contributed by atoms with Crippen LogP contribution in [0.25, 0.3) is 10.2 Å². The van der Waals surface area contributed by atoms with Gasteiger partial charge in [0.15, 0.2) is 4.80 Å². The molecule has 1 aromatic heterocycles. The van der Waals surface area contributed by atoms with E-state index >= 15 is 0 Å². The van der Waals surface area contributed by atoms with E-state index in [1.165, 1.54) is 18.4 Å². The van der Waals surface area contributed by atoms with E-state index in [2.05, 4.69) is 11.6 Å². The Labute approximate surface area is 150 Å². The minimum Gasteiger partial charge on any atom is -0.494 e. The first-order valence-corrected chi connectivity index (χ1v) is 10.3. The van der Waals surface area contributed by atoms with Crippen molar-refractivity contribution in [1.29, 1.82) is 0 Å². The predicted molar refractivity (Wildman–Crippen MR) is 99.2 cm³/mol. The Morgan fingerprint density at radius 3 is 2.80 bits per heavy atom. The lowest BCUT2D eigenvalue weighted by Crippen LogP contribution is -2.31. The van der Waals surface area contributed by atoms with Gasteiger partial charge in [0.1, 0.15) is 5.75 Å².